The minimum atomic E-state index is -3.66. The Bertz CT molecular complexity index is 1020. The van der Waals surface area contributed by atoms with Gasteiger partial charge in [-0.05, 0) is 48.9 Å². The lowest BCUT2D eigenvalue weighted by molar-refractivity contribution is -0.119. The molecule has 0 saturated heterocycles. The van der Waals surface area contributed by atoms with Gasteiger partial charge in [0, 0.05) is 10.0 Å². The lowest BCUT2D eigenvalue weighted by Crippen LogP contribution is -2.39. The number of hydrazone groups is 1. The van der Waals surface area contributed by atoms with Gasteiger partial charge in [0.05, 0.1) is 31.9 Å². The number of hydrogen-bond acceptors (Lipinski definition) is 6. The fourth-order valence-electron chi connectivity index (χ4n) is 2.67. The molecular formula is C20H24BrN3O5S. The molecular weight excluding hydrogens is 474 g/mol. The predicted molar refractivity (Wildman–Crippen MR) is 121 cm³/mol. The SMILES string of the molecule is CC/C(=N/NC(=O)CN(c1ccc(Br)cc1)S(C)(=O)=O)c1ccc(OC)c(OC)c1. The molecule has 0 aliphatic carbocycles. The van der Waals surface area contributed by atoms with Crippen LogP contribution < -0.4 is 19.2 Å². The number of nitrogens with zero attached hydrogens (tertiary/aromatic N) is 2. The van der Waals surface area contributed by atoms with Gasteiger partial charge < -0.3 is 9.47 Å². The molecule has 0 atom stereocenters. The predicted octanol–water partition coefficient (Wildman–Crippen LogP) is 3.16. The second-order valence-electron chi connectivity index (χ2n) is 6.26. The maximum absolute atomic E-state index is 12.4. The van der Waals surface area contributed by atoms with Crippen molar-refractivity contribution in [2.75, 3.05) is 31.3 Å². The molecule has 0 aliphatic heterocycles. The number of sulfonamides is 1. The topological polar surface area (TPSA) is 97.3 Å². The number of amides is 1. The molecule has 0 spiro atoms. The summed E-state index contributed by atoms with van der Waals surface area (Å²) in [6.07, 6.45) is 1.59. The summed E-state index contributed by atoms with van der Waals surface area (Å²) < 4.78 is 36.7. The Hall–Kier alpha value is -2.59. The van der Waals surface area contributed by atoms with E-state index in [0.29, 0.717) is 29.3 Å². The van der Waals surface area contributed by atoms with Crippen molar-refractivity contribution in [3.8, 4) is 11.5 Å². The molecule has 0 bridgehead atoms. The van der Waals surface area contributed by atoms with E-state index in [0.717, 1.165) is 20.6 Å². The van der Waals surface area contributed by atoms with E-state index in [2.05, 4.69) is 26.5 Å². The Morgan fingerprint density at radius 3 is 2.27 bits per heavy atom. The summed E-state index contributed by atoms with van der Waals surface area (Å²) in [5, 5.41) is 4.18. The van der Waals surface area contributed by atoms with E-state index in [1.54, 1.807) is 49.6 Å². The molecule has 0 fully saturated rings. The van der Waals surface area contributed by atoms with Crippen molar-refractivity contribution >= 4 is 43.3 Å². The second-order valence-corrected chi connectivity index (χ2v) is 9.09. The standard InChI is InChI=1S/C20H24BrN3O5S/c1-5-17(14-6-11-18(28-2)19(12-14)29-3)22-23-20(25)13-24(30(4,26)27)16-9-7-15(21)8-10-16/h6-12H,5,13H2,1-4H3,(H,23,25)/b22-17-. The molecule has 0 aromatic heterocycles. The van der Waals surface area contributed by atoms with Gasteiger partial charge >= 0.3 is 0 Å². The number of carbonyl (C=O) groups excluding carboxylic acids is 1. The molecule has 2 aromatic carbocycles. The van der Waals surface area contributed by atoms with Crippen LogP contribution in [0.15, 0.2) is 52.0 Å². The van der Waals surface area contributed by atoms with E-state index in [1.165, 1.54) is 7.11 Å². The molecule has 0 heterocycles. The first-order valence-electron chi connectivity index (χ1n) is 9.00. The van der Waals surface area contributed by atoms with Crippen molar-refractivity contribution in [1.29, 1.82) is 0 Å². The second kappa shape index (κ2) is 10.4. The third kappa shape index (κ3) is 6.20. The van der Waals surface area contributed by atoms with Crippen LogP contribution in [0.1, 0.15) is 18.9 Å². The summed E-state index contributed by atoms with van der Waals surface area (Å²) in [6, 6.07) is 12.0. The van der Waals surface area contributed by atoms with Crippen LogP contribution in [-0.4, -0.2) is 47.1 Å². The lowest BCUT2D eigenvalue weighted by Gasteiger charge is -2.21. The van der Waals surface area contributed by atoms with E-state index in [1.807, 2.05) is 6.92 Å². The third-order valence-electron chi connectivity index (χ3n) is 4.17. The molecule has 0 saturated carbocycles. The minimum absolute atomic E-state index is 0.385. The molecule has 162 valence electrons. The Morgan fingerprint density at radius 2 is 1.73 bits per heavy atom. The number of nitrogens with one attached hydrogen (secondary N) is 1. The molecule has 0 aliphatic rings. The molecule has 8 nitrogen and oxygen atoms in total. The first-order valence-corrected chi connectivity index (χ1v) is 11.6. The first kappa shape index (κ1) is 23.7. The van der Waals surface area contributed by atoms with Crippen molar-refractivity contribution in [3.63, 3.8) is 0 Å². The number of hydrogen-bond donors (Lipinski definition) is 1. The fourth-order valence-corrected chi connectivity index (χ4v) is 3.79. The van der Waals surface area contributed by atoms with Gasteiger partial charge in [0.25, 0.3) is 5.91 Å². The smallest absolute Gasteiger partial charge is 0.260 e. The minimum Gasteiger partial charge on any atom is -0.493 e. The van der Waals surface area contributed by atoms with Crippen molar-refractivity contribution in [2.45, 2.75) is 13.3 Å². The Morgan fingerprint density at radius 1 is 1.10 bits per heavy atom. The quantitative estimate of drug-likeness (QED) is 0.423. The van der Waals surface area contributed by atoms with Crippen LogP contribution in [0.2, 0.25) is 0 Å². The van der Waals surface area contributed by atoms with Crippen LogP contribution in [0.5, 0.6) is 11.5 Å². The van der Waals surface area contributed by atoms with Crippen LogP contribution in [-0.2, 0) is 14.8 Å². The van der Waals surface area contributed by atoms with Gasteiger partial charge in [-0.1, -0.05) is 22.9 Å². The molecule has 2 rings (SSSR count). The number of halogens is 1. The van der Waals surface area contributed by atoms with Gasteiger partial charge in [0.1, 0.15) is 6.54 Å². The summed E-state index contributed by atoms with van der Waals surface area (Å²) in [5.74, 6) is 0.565. The van der Waals surface area contributed by atoms with Gasteiger partial charge in [-0.3, -0.25) is 9.10 Å². The zero-order valence-corrected chi connectivity index (χ0v) is 19.6. The zero-order valence-electron chi connectivity index (χ0n) is 17.2. The van der Waals surface area contributed by atoms with Gasteiger partial charge in [0.15, 0.2) is 11.5 Å². The summed E-state index contributed by atoms with van der Waals surface area (Å²) >= 11 is 3.30. The molecule has 10 heteroatoms. The highest BCUT2D eigenvalue weighted by Crippen LogP contribution is 2.28. The van der Waals surface area contributed by atoms with E-state index in [-0.39, 0.29) is 0 Å². The third-order valence-corrected chi connectivity index (χ3v) is 5.84. The van der Waals surface area contributed by atoms with E-state index < -0.39 is 22.5 Å². The van der Waals surface area contributed by atoms with Crippen LogP contribution in [0, 0.1) is 0 Å². The van der Waals surface area contributed by atoms with Crippen molar-refractivity contribution in [2.24, 2.45) is 5.10 Å². The Balaban J connectivity index is 2.20. The highest BCUT2D eigenvalue weighted by Gasteiger charge is 2.21. The van der Waals surface area contributed by atoms with Gasteiger partial charge in [-0.2, -0.15) is 5.10 Å². The van der Waals surface area contributed by atoms with Crippen LogP contribution in [0.3, 0.4) is 0 Å². The van der Waals surface area contributed by atoms with Crippen molar-refractivity contribution in [1.82, 2.24) is 5.43 Å². The number of benzene rings is 2. The molecule has 0 radical (unpaired) electrons. The number of anilines is 1. The Labute approximate surface area is 185 Å². The maximum Gasteiger partial charge on any atom is 0.260 e. The van der Waals surface area contributed by atoms with Gasteiger partial charge in [-0.25, -0.2) is 13.8 Å². The van der Waals surface area contributed by atoms with Gasteiger partial charge in [-0.15, -0.1) is 0 Å². The molecule has 1 N–H and O–H groups in total. The number of carbonyl (C=O) groups is 1. The number of methoxy groups -OCH3 is 2. The molecule has 30 heavy (non-hydrogen) atoms. The van der Waals surface area contributed by atoms with E-state index in [9.17, 15) is 13.2 Å². The fraction of sp³-hybridized carbons (Fsp3) is 0.300. The Kier molecular flexibility index (Phi) is 8.24. The van der Waals surface area contributed by atoms with Crippen molar-refractivity contribution < 1.29 is 22.7 Å². The molecule has 0 unspecified atom stereocenters. The summed E-state index contributed by atoms with van der Waals surface area (Å²) in [7, 11) is -0.578. The lowest BCUT2D eigenvalue weighted by atomic mass is 10.1. The number of ether oxygens (including phenoxy) is 2. The average molecular weight is 498 g/mol. The van der Waals surface area contributed by atoms with Gasteiger partial charge in [0.2, 0.25) is 10.0 Å². The molecule has 2 aromatic rings. The normalized spacial score (nSPS) is 11.7. The largest absolute Gasteiger partial charge is 0.493 e. The maximum atomic E-state index is 12.4. The molecule has 1 amide bonds. The summed E-state index contributed by atoms with van der Waals surface area (Å²) in [4.78, 5) is 12.4. The van der Waals surface area contributed by atoms with Crippen LogP contribution in [0.4, 0.5) is 5.69 Å². The monoisotopic (exact) mass is 497 g/mol. The van der Waals surface area contributed by atoms with Crippen LogP contribution >= 0.6 is 15.9 Å². The highest BCUT2D eigenvalue weighted by molar-refractivity contribution is 9.10. The van der Waals surface area contributed by atoms with Crippen LogP contribution in [0.25, 0.3) is 0 Å². The number of rotatable bonds is 9. The van der Waals surface area contributed by atoms with E-state index >= 15 is 0 Å². The van der Waals surface area contributed by atoms with E-state index in [4.69, 9.17) is 9.47 Å². The summed E-state index contributed by atoms with van der Waals surface area (Å²) in [5.41, 5.74) is 4.19. The van der Waals surface area contributed by atoms with Crippen molar-refractivity contribution in [3.05, 3.63) is 52.5 Å². The summed E-state index contributed by atoms with van der Waals surface area (Å²) in [6.45, 7) is 1.50. The average Bonchev–Trinajstić information content (AvgIpc) is 2.72. The highest BCUT2D eigenvalue weighted by atomic mass is 79.9. The zero-order chi connectivity index (χ0) is 22.3. The first-order chi connectivity index (χ1) is 14.2.